The van der Waals surface area contributed by atoms with Gasteiger partial charge in [-0.25, -0.2) is 4.98 Å². The minimum absolute atomic E-state index is 0.0334. The molecule has 2 aliphatic rings. The Hall–Kier alpha value is -2.86. The van der Waals surface area contributed by atoms with Crippen molar-refractivity contribution in [2.24, 2.45) is 18.9 Å². The lowest BCUT2D eigenvalue weighted by atomic mass is 9.73. The van der Waals surface area contributed by atoms with E-state index in [9.17, 15) is 9.59 Å². The maximum Gasteiger partial charge on any atom is 0.317 e. The Bertz CT molecular complexity index is 1290. The van der Waals surface area contributed by atoms with E-state index in [1.807, 2.05) is 67.9 Å². The predicted molar refractivity (Wildman–Crippen MR) is 144 cm³/mol. The highest BCUT2D eigenvalue weighted by atomic mass is 35.5. The lowest BCUT2D eigenvalue weighted by molar-refractivity contribution is -0.185. The summed E-state index contributed by atoms with van der Waals surface area (Å²) in [6.07, 6.45) is 6.03. The van der Waals surface area contributed by atoms with Crippen molar-refractivity contribution in [1.29, 1.82) is 0 Å². The van der Waals surface area contributed by atoms with Gasteiger partial charge in [0.1, 0.15) is 23.1 Å². The molecule has 1 aliphatic carbocycles. The Morgan fingerprint density at radius 1 is 1.16 bits per heavy atom. The van der Waals surface area contributed by atoms with Gasteiger partial charge in [-0.1, -0.05) is 42.6 Å². The molecule has 6 nitrogen and oxygen atoms in total. The van der Waals surface area contributed by atoms with E-state index in [0.29, 0.717) is 23.6 Å². The molecule has 3 aromatic rings. The summed E-state index contributed by atoms with van der Waals surface area (Å²) < 4.78 is 14.0. The Kier molecular flexibility index (Phi) is 7.30. The molecule has 37 heavy (non-hydrogen) atoms. The number of rotatable bonds is 8. The van der Waals surface area contributed by atoms with Crippen molar-refractivity contribution >= 4 is 34.4 Å². The summed E-state index contributed by atoms with van der Waals surface area (Å²) in [4.78, 5) is 31.6. The zero-order valence-electron chi connectivity index (χ0n) is 21.8. The highest BCUT2D eigenvalue weighted by molar-refractivity contribution is 6.32. The van der Waals surface area contributed by atoms with E-state index in [2.05, 4.69) is 4.98 Å². The van der Waals surface area contributed by atoms with Crippen LogP contribution in [0.2, 0.25) is 5.02 Å². The molecule has 0 bridgehead atoms. The first-order chi connectivity index (χ1) is 17.8. The third kappa shape index (κ3) is 5.26. The van der Waals surface area contributed by atoms with Crippen LogP contribution in [-0.4, -0.2) is 33.0 Å². The number of hydrogen-bond donors (Lipinski definition) is 0. The second-order valence-corrected chi connectivity index (χ2v) is 11.3. The van der Waals surface area contributed by atoms with Crippen LogP contribution in [-0.2, 0) is 34.2 Å². The Morgan fingerprint density at radius 2 is 1.92 bits per heavy atom. The van der Waals surface area contributed by atoms with E-state index in [1.165, 1.54) is 0 Å². The Balaban J connectivity index is 1.34. The zero-order valence-corrected chi connectivity index (χ0v) is 22.6. The normalized spacial score (nSPS) is 22.7. The van der Waals surface area contributed by atoms with Crippen molar-refractivity contribution in [3.63, 3.8) is 0 Å². The highest BCUT2D eigenvalue weighted by Gasteiger charge is 2.51. The van der Waals surface area contributed by atoms with Gasteiger partial charge in [-0.05, 0) is 75.3 Å². The van der Waals surface area contributed by atoms with E-state index in [-0.39, 0.29) is 30.6 Å². The standard InChI is InChI=1S/C30H35ClN2O4/c1-19(2)36-27-13-12-20(16-23(27)31)14-15-30(21-8-4-5-9-21)18-26(34)22(29(35)37-30)17-28-32-24-10-6-7-11-25(24)33(28)3/h6-7,10-13,16,19,21-22H,4-5,8-9,14-15,17-18H2,1-3H3. The average Bonchev–Trinajstić information content (AvgIpc) is 3.51. The number of imidazole rings is 1. The van der Waals surface area contributed by atoms with Gasteiger partial charge >= 0.3 is 5.97 Å². The molecule has 1 saturated carbocycles. The number of carbonyl (C=O) groups is 2. The summed E-state index contributed by atoms with van der Waals surface area (Å²) in [5.41, 5.74) is 2.13. The van der Waals surface area contributed by atoms with Crippen molar-refractivity contribution in [1.82, 2.24) is 9.55 Å². The van der Waals surface area contributed by atoms with Gasteiger partial charge in [0, 0.05) is 19.9 Å². The predicted octanol–water partition coefficient (Wildman–Crippen LogP) is 6.25. The molecular weight excluding hydrogens is 488 g/mol. The molecule has 5 rings (SSSR count). The van der Waals surface area contributed by atoms with Crippen molar-refractivity contribution in [3.05, 3.63) is 58.9 Å². The van der Waals surface area contributed by atoms with Crippen LogP contribution in [0.4, 0.5) is 0 Å². The van der Waals surface area contributed by atoms with E-state index >= 15 is 0 Å². The molecule has 1 saturated heterocycles. The largest absolute Gasteiger partial charge is 0.489 e. The summed E-state index contributed by atoms with van der Waals surface area (Å²) in [5, 5.41) is 0.570. The molecule has 2 unspecified atom stereocenters. The maximum absolute atomic E-state index is 13.5. The first kappa shape index (κ1) is 25.8. The molecule has 0 N–H and O–H groups in total. The van der Waals surface area contributed by atoms with Crippen molar-refractivity contribution < 1.29 is 19.1 Å². The van der Waals surface area contributed by atoms with Crippen LogP contribution in [0.3, 0.4) is 0 Å². The number of hydrogen-bond acceptors (Lipinski definition) is 5. The third-order valence-corrected chi connectivity index (χ3v) is 8.31. The molecule has 2 fully saturated rings. The van der Waals surface area contributed by atoms with Gasteiger partial charge in [-0.2, -0.15) is 0 Å². The van der Waals surface area contributed by atoms with Gasteiger partial charge < -0.3 is 14.0 Å². The summed E-state index contributed by atoms with van der Waals surface area (Å²) in [6, 6.07) is 13.7. The van der Waals surface area contributed by atoms with Crippen LogP contribution in [0.15, 0.2) is 42.5 Å². The lowest BCUT2D eigenvalue weighted by Crippen LogP contribution is -2.52. The molecule has 196 valence electrons. The van der Waals surface area contributed by atoms with Gasteiger partial charge in [0.25, 0.3) is 0 Å². The second kappa shape index (κ2) is 10.5. The summed E-state index contributed by atoms with van der Waals surface area (Å²) in [7, 11) is 1.93. The number of ether oxygens (including phenoxy) is 2. The second-order valence-electron chi connectivity index (χ2n) is 10.9. The monoisotopic (exact) mass is 522 g/mol. The molecule has 2 heterocycles. The molecule has 2 atom stereocenters. The van der Waals surface area contributed by atoms with Gasteiger partial charge in [-0.3, -0.25) is 9.59 Å². The minimum atomic E-state index is -0.813. The van der Waals surface area contributed by atoms with Crippen molar-refractivity contribution in [3.8, 4) is 5.75 Å². The zero-order chi connectivity index (χ0) is 26.2. The van der Waals surface area contributed by atoms with Crippen LogP contribution < -0.4 is 4.74 Å². The van der Waals surface area contributed by atoms with E-state index in [1.54, 1.807) is 0 Å². The van der Waals surface area contributed by atoms with Crippen LogP contribution in [0.1, 0.15) is 63.8 Å². The van der Waals surface area contributed by atoms with Gasteiger partial charge in [0.15, 0.2) is 5.78 Å². The average molecular weight is 523 g/mol. The minimum Gasteiger partial charge on any atom is -0.489 e. The fourth-order valence-electron chi connectivity index (χ4n) is 6.04. The molecule has 0 radical (unpaired) electrons. The molecule has 0 amide bonds. The number of para-hydroxylation sites is 2. The quantitative estimate of drug-likeness (QED) is 0.258. The number of aromatic nitrogens is 2. The number of cyclic esters (lactones) is 1. The first-order valence-corrected chi connectivity index (χ1v) is 13.7. The number of fused-ring (bicyclic) bond motifs is 1. The number of Topliss-reactive ketones (excluding diaryl/α,β-unsaturated/α-hetero) is 1. The maximum atomic E-state index is 13.5. The molecule has 2 aromatic carbocycles. The van der Waals surface area contributed by atoms with E-state index in [4.69, 9.17) is 21.1 Å². The van der Waals surface area contributed by atoms with Crippen molar-refractivity contribution in [2.75, 3.05) is 0 Å². The molecule has 7 heteroatoms. The van der Waals surface area contributed by atoms with Gasteiger partial charge in [-0.15, -0.1) is 0 Å². The number of benzene rings is 2. The number of ketones is 1. The molecule has 1 aliphatic heterocycles. The van der Waals surface area contributed by atoms with Gasteiger partial charge in [0.05, 0.1) is 22.2 Å². The number of halogens is 1. The molecular formula is C30H35ClN2O4. The number of esters is 1. The fraction of sp³-hybridized carbons (Fsp3) is 0.500. The Labute approximate surface area is 223 Å². The SMILES string of the molecule is CC(C)Oc1ccc(CCC2(C3CCCC3)CC(=O)C(Cc3nc4ccccc4n3C)C(=O)O2)cc1Cl. The van der Waals surface area contributed by atoms with Crippen LogP contribution in [0.25, 0.3) is 11.0 Å². The molecule has 1 aromatic heterocycles. The van der Waals surface area contributed by atoms with Crippen LogP contribution in [0, 0.1) is 11.8 Å². The number of aryl methyl sites for hydroxylation is 2. The summed E-state index contributed by atoms with van der Waals surface area (Å²) in [6.45, 7) is 3.93. The lowest BCUT2D eigenvalue weighted by Gasteiger charge is -2.43. The van der Waals surface area contributed by atoms with Gasteiger partial charge in [0.2, 0.25) is 0 Å². The van der Waals surface area contributed by atoms with Crippen molar-refractivity contribution in [2.45, 2.75) is 76.9 Å². The first-order valence-electron chi connectivity index (χ1n) is 13.4. The van der Waals surface area contributed by atoms with Crippen LogP contribution in [0.5, 0.6) is 5.75 Å². The topological polar surface area (TPSA) is 70.4 Å². The summed E-state index contributed by atoms with van der Waals surface area (Å²) in [5.74, 6) is 0.337. The van der Waals surface area contributed by atoms with E-state index < -0.39 is 17.5 Å². The Morgan fingerprint density at radius 3 is 2.59 bits per heavy atom. The van der Waals surface area contributed by atoms with E-state index in [0.717, 1.165) is 48.1 Å². The summed E-state index contributed by atoms with van der Waals surface area (Å²) >= 11 is 6.47. The fourth-order valence-corrected chi connectivity index (χ4v) is 6.29. The smallest absolute Gasteiger partial charge is 0.317 e. The van der Waals surface area contributed by atoms with Crippen LogP contribution >= 0.6 is 11.6 Å². The number of carbonyl (C=O) groups excluding carboxylic acids is 2. The number of nitrogens with zero attached hydrogens (tertiary/aromatic N) is 2. The highest BCUT2D eigenvalue weighted by Crippen LogP contribution is 2.45. The molecule has 0 spiro atoms. The third-order valence-electron chi connectivity index (χ3n) is 8.01.